The lowest BCUT2D eigenvalue weighted by Crippen LogP contribution is -2.88. The van der Waals surface area contributed by atoms with Gasteiger partial charge in [-0.2, -0.15) is 0 Å². The standard InChI is InChI=1S/C25H22N2O2/c28-25(20-16-26-21-12-6-4-10-18(20)21)24(17-8-2-1-3-9-17)27-22-14-15-29-23-13-7-5-11-19(22)23/h1-13,16,22,24,26-27H,14-15H2/p+1/t22-,24+/m0/s1. The van der Waals surface area contributed by atoms with E-state index in [0.717, 1.165) is 39.8 Å². The summed E-state index contributed by atoms with van der Waals surface area (Å²) < 4.78 is 5.82. The highest BCUT2D eigenvalue weighted by Crippen LogP contribution is 2.31. The molecule has 0 spiro atoms. The molecule has 2 atom stereocenters. The first-order valence-electron chi connectivity index (χ1n) is 10.0. The van der Waals surface area contributed by atoms with Crippen LogP contribution in [0, 0.1) is 0 Å². The zero-order chi connectivity index (χ0) is 19.6. The number of para-hydroxylation sites is 2. The molecule has 144 valence electrons. The van der Waals surface area contributed by atoms with Crippen LogP contribution < -0.4 is 10.1 Å². The third-order valence-electron chi connectivity index (χ3n) is 5.73. The summed E-state index contributed by atoms with van der Waals surface area (Å²) in [7, 11) is 0. The molecule has 3 aromatic carbocycles. The van der Waals surface area contributed by atoms with Crippen LogP contribution in [-0.4, -0.2) is 17.4 Å². The van der Waals surface area contributed by atoms with Crippen molar-refractivity contribution < 1.29 is 14.8 Å². The Morgan fingerprint density at radius 1 is 0.966 bits per heavy atom. The zero-order valence-electron chi connectivity index (χ0n) is 16.0. The van der Waals surface area contributed by atoms with Gasteiger partial charge in [0.2, 0.25) is 5.78 Å². The number of H-pyrrole nitrogens is 1. The van der Waals surface area contributed by atoms with Gasteiger partial charge in [0.25, 0.3) is 0 Å². The SMILES string of the molecule is O=C(c1c[nH]c2ccccc12)[C@H]([NH2+][C@H]1CCOc2ccccc21)c1ccccc1. The molecule has 0 radical (unpaired) electrons. The van der Waals surface area contributed by atoms with Gasteiger partial charge in [-0.25, -0.2) is 0 Å². The van der Waals surface area contributed by atoms with Crippen LogP contribution in [0.1, 0.15) is 40.0 Å². The maximum absolute atomic E-state index is 13.7. The van der Waals surface area contributed by atoms with E-state index in [-0.39, 0.29) is 17.9 Å². The Bertz CT molecular complexity index is 1150. The summed E-state index contributed by atoms with van der Waals surface area (Å²) in [6.07, 6.45) is 2.72. The molecule has 0 amide bonds. The van der Waals surface area contributed by atoms with E-state index >= 15 is 0 Å². The lowest BCUT2D eigenvalue weighted by atomic mass is 9.93. The Morgan fingerprint density at radius 2 is 1.72 bits per heavy atom. The van der Waals surface area contributed by atoms with E-state index in [9.17, 15) is 4.79 Å². The number of quaternary nitrogens is 1. The van der Waals surface area contributed by atoms with Gasteiger partial charge in [0, 0.05) is 34.6 Å². The number of Topliss-reactive ketones (excluding diaryl/α,β-unsaturated/α-hetero) is 1. The van der Waals surface area contributed by atoms with E-state index in [2.05, 4.69) is 16.4 Å². The molecule has 2 heterocycles. The first-order chi connectivity index (χ1) is 14.3. The van der Waals surface area contributed by atoms with Crippen LogP contribution in [0.2, 0.25) is 0 Å². The molecule has 0 bridgehead atoms. The van der Waals surface area contributed by atoms with Gasteiger partial charge in [0.1, 0.15) is 11.8 Å². The molecule has 0 saturated heterocycles. The van der Waals surface area contributed by atoms with Crippen molar-refractivity contribution in [2.75, 3.05) is 6.61 Å². The summed E-state index contributed by atoms with van der Waals surface area (Å²) in [5, 5.41) is 3.18. The van der Waals surface area contributed by atoms with Crippen LogP contribution in [0.5, 0.6) is 5.75 Å². The quantitative estimate of drug-likeness (QED) is 0.508. The van der Waals surface area contributed by atoms with Crippen molar-refractivity contribution in [2.24, 2.45) is 0 Å². The molecule has 0 aliphatic carbocycles. The minimum absolute atomic E-state index is 0.123. The van der Waals surface area contributed by atoms with Crippen LogP contribution >= 0.6 is 0 Å². The topological polar surface area (TPSA) is 58.7 Å². The lowest BCUT2D eigenvalue weighted by Gasteiger charge is -2.27. The van der Waals surface area contributed by atoms with E-state index in [4.69, 9.17) is 4.74 Å². The number of aromatic amines is 1. The minimum Gasteiger partial charge on any atom is -0.493 e. The predicted molar refractivity (Wildman–Crippen MR) is 113 cm³/mol. The molecule has 0 fully saturated rings. The van der Waals surface area contributed by atoms with Crippen molar-refractivity contribution in [2.45, 2.75) is 18.5 Å². The summed E-state index contributed by atoms with van der Waals surface area (Å²) in [6, 6.07) is 26.0. The Balaban J connectivity index is 1.54. The largest absolute Gasteiger partial charge is 0.493 e. The van der Waals surface area contributed by atoms with Crippen molar-refractivity contribution in [1.29, 1.82) is 0 Å². The normalized spacial score (nSPS) is 16.8. The number of benzene rings is 3. The monoisotopic (exact) mass is 383 g/mol. The van der Waals surface area contributed by atoms with Gasteiger partial charge >= 0.3 is 0 Å². The van der Waals surface area contributed by atoms with E-state index in [1.54, 1.807) is 0 Å². The number of aromatic nitrogens is 1. The molecule has 4 heteroatoms. The van der Waals surface area contributed by atoms with Gasteiger partial charge in [0.05, 0.1) is 12.2 Å². The second-order valence-corrected chi connectivity index (χ2v) is 7.47. The van der Waals surface area contributed by atoms with Gasteiger partial charge < -0.3 is 15.0 Å². The van der Waals surface area contributed by atoms with Crippen LogP contribution in [-0.2, 0) is 0 Å². The maximum Gasteiger partial charge on any atom is 0.226 e. The lowest BCUT2D eigenvalue weighted by molar-refractivity contribution is -0.722. The highest BCUT2D eigenvalue weighted by atomic mass is 16.5. The summed E-state index contributed by atoms with van der Waals surface area (Å²) in [5.74, 6) is 1.05. The highest BCUT2D eigenvalue weighted by molar-refractivity contribution is 6.09. The number of ether oxygens (including phenoxy) is 1. The van der Waals surface area contributed by atoms with Crippen molar-refractivity contribution in [3.05, 3.63) is 102 Å². The fourth-order valence-corrected chi connectivity index (χ4v) is 4.26. The van der Waals surface area contributed by atoms with Crippen molar-refractivity contribution >= 4 is 16.7 Å². The van der Waals surface area contributed by atoms with Gasteiger partial charge in [-0.1, -0.05) is 60.7 Å². The molecule has 3 N–H and O–H groups in total. The second-order valence-electron chi connectivity index (χ2n) is 7.47. The van der Waals surface area contributed by atoms with Crippen molar-refractivity contribution in [3.8, 4) is 5.75 Å². The van der Waals surface area contributed by atoms with E-state index in [0.29, 0.717) is 6.61 Å². The summed E-state index contributed by atoms with van der Waals surface area (Å²) in [6.45, 7) is 0.668. The molecular weight excluding hydrogens is 360 g/mol. The number of carbonyl (C=O) groups excluding carboxylic acids is 1. The summed E-state index contributed by atoms with van der Waals surface area (Å²) >= 11 is 0. The summed E-state index contributed by atoms with van der Waals surface area (Å²) in [5.41, 5.74) is 3.91. The molecule has 0 unspecified atom stereocenters. The average Bonchev–Trinajstić information content (AvgIpc) is 3.22. The molecule has 4 aromatic rings. The third kappa shape index (κ3) is 3.32. The number of hydrogen-bond acceptors (Lipinski definition) is 2. The molecule has 1 aliphatic heterocycles. The van der Waals surface area contributed by atoms with Crippen molar-refractivity contribution in [1.82, 2.24) is 4.98 Å². The maximum atomic E-state index is 13.7. The second kappa shape index (κ2) is 7.57. The van der Waals surface area contributed by atoms with Gasteiger partial charge in [-0.3, -0.25) is 4.79 Å². The molecular formula is C25H23N2O2+. The van der Waals surface area contributed by atoms with Crippen LogP contribution in [0.3, 0.4) is 0 Å². The smallest absolute Gasteiger partial charge is 0.226 e. The van der Waals surface area contributed by atoms with E-state index in [1.807, 2.05) is 79.0 Å². The Labute approximate surface area is 169 Å². The van der Waals surface area contributed by atoms with Crippen LogP contribution in [0.4, 0.5) is 0 Å². The molecule has 4 nitrogen and oxygen atoms in total. The molecule has 1 aromatic heterocycles. The first-order valence-corrected chi connectivity index (χ1v) is 10.0. The van der Waals surface area contributed by atoms with Crippen LogP contribution in [0.15, 0.2) is 85.1 Å². The van der Waals surface area contributed by atoms with Gasteiger partial charge in [-0.05, 0) is 18.2 Å². The number of fused-ring (bicyclic) bond motifs is 2. The fourth-order valence-electron chi connectivity index (χ4n) is 4.26. The Hall–Kier alpha value is -3.37. The predicted octanol–water partition coefficient (Wildman–Crippen LogP) is 4.18. The van der Waals surface area contributed by atoms with E-state index in [1.165, 1.54) is 0 Å². The first kappa shape index (κ1) is 17.7. The number of hydrogen-bond donors (Lipinski definition) is 2. The Kier molecular flexibility index (Phi) is 4.62. The van der Waals surface area contributed by atoms with Crippen LogP contribution in [0.25, 0.3) is 10.9 Å². The van der Waals surface area contributed by atoms with E-state index < -0.39 is 0 Å². The number of nitrogens with one attached hydrogen (secondary N) is 1. The summed E-state index contributed by atoms with van der Waals surface area (Å²) in [4.78, 5) is 17.0. The fraction of sp³-hybridized carbons (Fsp3) is 0.160. The third-order valence-corrected chi connectivity index (χ3v) is 5.73. The molecule has 5 rings (SSSR count). The number of carbonyl (C=O) groups is 1. The molecule has 0 saturated carbocycles. The van der Waals surface area contributed by atoms with Crippen molar-refractivity contribution in [3.63, 3.8) is 0 Å². The molecule has 29 heavy (non-hydrogen) atoms. The zero-order valence-corrected chi connectivity index (χ0v) is 16.0. The Morgan fingerprint density at radius 3 is 2.62 bits per heavy atom. The molecule has 1 aliphatic rings. The number of ketones is 1. The number of rotatable bonds is 5. The minimum atomic E-state index is -0.313. The highest BCUT2D eigenvalue weighted by Gasteiger charge is 2.33. The number of nitrogens with two attached hydrogens (primary N) is 1. The average molecular weight is 383 g/mol. The van der Waals surface area contributed by atoms with Gasteiger partial charge in [-0.15, -0.1) is 0 Å². The van der Waals surface area contributed by atoms with Gasteiger partial charge in [0.15, 0.2) is 6.04 Å².